The summed E-state index contributed by atoms with van der Waals surface area (Å²) in [4.78, 5) is 48.0. The molecule has 1 spiro atoms. The van der Waals surface area contributed by atoms with E-state index in [0.29, 0.717) is 25.4 Å². The number of nitrogens with zero attached hydrogens (tertiary/aromatic N) is 3. The van der Waals surface area contributed by atoms with E-state index in [1.165, 1.54) is 4.70 Å². The van der Waals surface area contributed by atoms with Crippen LogP contribution in [0.1, 0.15) is 47.0 Å². The third-order valence-corrected chi connectivity index (χ3v) is 9.32. The maximum Gasteiger partial charge on any atom is 0.325 e. The Kier molecular flexibility index (Phi) is 4.99. The average Bonchev–Trinajstić information content (AvgIpc) is 3.54. The largest absolute Gasteiger partial charge is 0.341 e. The number of thiazole rings is 1. The highest BCUT2D eigenvalue weighted by atomic mass is 32.1. The van der Waals surface area contributed by atoms with E-state index < -0.39 is 11.6 Å². The molecule has 0 radical (unpaired) electrons. The molecule has 1 unspecified atom stereocenters. The van der Waals surface area contributed by atoms with Gasteiger partial charge in [0.1, 0.15) is 12.1 Å². The Hall–Kier alpha value is -2.78. The molecule has 2 saturated heterocycles. The molecule has 0 bridgehead atoms. The van der Waals surface area contributed by atoms with Crippen LogP contribution in [0.4, 0.5) is 4.79 Å². The second-order valence-corrected chi connectivity index (χ2v) is 11.1. The maximum atomic E-state index is 13.4. The zero-order chi connectivity index (χ0) is 22.6. The number of carbonyl (C=O) groups excluding carboxylic acids is 3. The number of hydrogen-bond donors (Lipinski definition) is 1. The molecule has 170 valence electrons. The topological polar surface area (TPSA) is 82.6 Å². The van der Waals surface area contributed by atoms with Gasteiger partial charge in [-0.3, -0.25) is 14.5 Å². The van der Waals surface area contributed by atoms with E-state index >= 15 is 0 Å². The number of thiophene rings is 1. The smallest absolute Gasteiger partial charge is 0.325 e. The van der Waals surface area contributed by atoms with Gasteiger partial charge in [0.05, 0.1) is 15.2 Å². The molecule has 3 aromatic rings. The predicted molar refractivity (Wildman–Crippen MR) is 127 cm³/mol. The first-order valence-corrected chi connectivity index (χ1v) is 13.1. The van der Waals surface area contributed by atoms with Gasteiger partial charge in [-0.05, 0) is 55.7 Å². The van der Waals surface area contributed by atoms with Crippen molar-refractivity contribution in [1.82, 2.24) is 20.1 Å². The Balaban J connectivity index is 1.12. The SMILES string of the molecule is O=C(CN1C(=O)NC2(CCCc3sccc32)C1=O)N1CCC(c2nc3ccccc3s2)CC1. The summed E-state index contributed by atoms with van der Waals surface area (Å²) in [6.07, 6.45) is 4.04. The number of likely N-dealkylation sites (tertiary alicyclic amines) is 1. The number of nitrogens with one attached hydrogen (secondary N) is 1. The number of carbonyl (C=O) groups is 3. The van der Waals surface area contributed by atoms with Gasteiger partial charge in [-0.2, -0.15) is 0 Å². The normalized spacial score (nSPS) is 23.4. The minimum Gasteiger partial charge on any atom is -0.341 e. The van der Waals surface area contributed by atoms with Crippen molar-refractivity contribution in [3.05, 3.63) is 51.2 Å². The second-order valence-electron chi connectivity index (χ2n) is 9.01. The zero-order valence-corrected chi connectivity index (χ0v) is 19.7. The lowest BCUT2D eigenvalue weighted by molar-refractivity contribution is -0.140. The van der Waals surface area contributed by atoms with Crippen molar-refractivity contribution in [3.8, 4) is 0 Å². The fraction of sp³-hybridized carbons (Fsp3) is 0.417. The van der Waals surface area contributed by atoms with Crippen LogP contribution in [0.3, 0.4) is 0 Å². The molecule has 33 heavy (non-hydrogen) atoms. The molecule has 2 aliphatic heterocycles. The first kappa shape index (κ1) is 20.8. The van der Waals surface area contributed by atoms with Crippen LogP contribution in [0.2, 0.25) is 0 Å². The fourth-order valence-corrected chi connectivity index (χ4v) is 7.50. The lowest BCUT2D eigenvalue weighted by atomic mass is 9.80. The molecular weight excluding hydrogens is 456 g/mol. The molecule has 1 aromatic carbocycles. The number of para-hydroxylation sites is 1. The summed E-state index contributed by atoms with van der Waals surface area (Å²) in [7, 11) is 0. The lowest BCUT2D eigenvalue weighted by Gasteiger charge is -2.33. The van der Waals surface area contributed by atoms with Gasteiger partial charge in [-0.25, -0.2) is 9.78 Å². The van der Waals surface area contributed by atoms with Crippen LogP contribution in [-0.4, -0.2) is 52.3 Å². The van der Waals surface area contributed by atoms with E-state index in [1.54, 1.807) is 27.6 Å². The number of amides is 4. The van der Waals surface area contributed by atoms with Crippen LogP contribution in [0, 0.1) is 0 Å². The summed E-state index contributed by atoms with van der Waals surface area (Å²) < 4.78 is 1.19. The predicted octanol–water partition coefficient (Wildman–Crippen LogP) is 3.85. The molecule has 6 rings (SSSR count). The third kappa shape index (κ3) is 3.36. The van der Waals surface area contributed by atoms with Crippen molar-refractivity contribution in [2.24, 2.45) is 0 Å². The maximum absolute atomic E-state index is 13.4. The number of piperidine rings is 1. The highest BCUT2D eigenvalue weighted by molar-refractivity contribution is 7.18. The Morgan fingerprint density at radius 3 is 2.82 bits per heavy atom. The number of benzene rings is 1. The molecular formula is C24H24N4O3S2. The molecule has 2 fully saturated rings. The van der Waals surface area contributed by atoms with Gasteiger partial charge in [0.2, 0.25) is 5.91 Å². The number of fused-ring (bicyclic) bond motifs is 3. The number of rotatable bonds is 3. The first-order chi connectivity index (χ1) is 16.0. The summed E-state index contributed by atoms with van der Waals surface area (Å²) in [5, 5.41) is 6.03. The molecule has 0 saturated carbocycles. The first-order valence-electron chi connectivity index (χ1n) is 11.4. The van der Waals surface area contributed by atoms with Gasteiger partial charge in [0, 0.05) is 29.4 Å². The zero-order valence-electron chi connectivity index (χ0n) is 18.1. The van der Waals surface area contributed by atoms with Crippen LogP contribution in [-0.2, 0) is 21.5 Å². The summed E-state index contributed by atoms with van der Waals surface area (Å²) in [6.45, 7) is 1.03. The average molecular weight is 481 g/mol. The van der Waals surface area contributed by atoms with E-state index in [4.69, 9.17) is 4.98 Å². The van der Waals surface area contributed by atoms with Gasteiger partial charge in [0.15, 0.2) is 0 Å². The van der Waals surface area contributed by atoms with Crippen molar-refractivity contribution in [2.45, 2.75) is 43.6 Å². The van der Waals surface area contributed by atoms with Crippen molar-refractivity contribution in [3.63, 3.8) is 0 Å². The standard InChI is InChI=1S/C24H24N4O3S2/c29-20(27-11-7-15(8-12-27)21-25-17-4-1-2-5-19(17)33-21)14-28-22(30)24(26-23(28)31)10-3-6-18-16(24)9-13-32-18/h1-2,4-5,9,13,15H,3,6-8,10-12,14H2,(H,26,31). The summed E-state index contributed by atoms with van der Waals surface area (Å²) in [6, 6.07) is 9.62. The van der Waals surface area contributed by atoms with E-state index in [9.17, 15) is 14.4 Å². The number of imide groups is 1. The number of aromatic nitrogens is 1. The van der Waals surface area contributed by atoms with Gasteiger partial charge < -0.3 is 10.2 Å². The molecule has 1 aliphatic carbocycles. The lowest BCUT2D eigenvalue weighted by Crippen LogP contribution is -2.48. The van der Waals surface area contributed by atoms with E-state index in [2.05, 4.69) is 11.4 Å². The van der Waals surface area contributed by atoms with Crippen molar-refractivity contribution in [2.75, 3.05) is 19.6 Å². The van der Waals surface area contributed by atoms with Crippen LogP contribution in [0.5, 0.6) is 0 Å². The third-order valence-electron chi connectivity index (χ3n) is 7.14. The van der Waals surface area contributed by atoms with Gasteiger partial charge in [-0.1, -0.05) is 12.1 Å². The van der Waals surface area contributed by atoms with Crippen molar-refractivity contribution < 1.29 is 14.4 Å². The highest BCUT2D eigenvalue weighted by Crippen LogP contribution is 2.42. The molecule has 1 atom stereocenters. The van der Waals surface area contributed by atoms with Crippen molar-refractivity contribution in [1.29, 1.82) is 0 Å². The van der Waals surface area contributed by atoms with Crippen LogP contribution < -0.4 is 5.32 Å². The van der Waals surface area contributed by atoms with Gasteiger partial charge >= 0.3 is 6.03 Å². The molecule has 7 nitrogen and oxygen atoms in total. The number of hydrogen-bond acceptors (Lipinski definition) is 6. The van der Waals surface area contributed by atoms with E-state index in [-0.39, 0.29) is 18.4 Å². The van der Waals surface area contributed by atoms with Gasteiger partial charge in [-0.15, -0.1) is 22.7 Å². The molecule has 4 amide bonds. The molecule has 1 N–H and O–H groups in total. The van der Waals surface area contributed by atoms with Crippen LogP contribution in [0.15, 0.2) is 35.7 Å². The summed E-state index contributed by atoms with van der Waals surface area (Å²) >= 11 is 3.35. The Bertz CT molecular complexity index is 1230. The Morgan fingerprint density at radius 2 is 2.00 bits per heavy atom. The number of aryl methyl sites for hydroxylation is 1. The van der Waals surface area contributed by atoms with Crippen molar-refractivity contribution >= 4 is 50.7 Å². The molecule has 4 heterocycles. The number of urea groups is 1. The summed E-state index contributed by atoms with van der Waals surface area (Å²) in [5.41, 5.74) is 0.939. The quantitative estimate of drug-likeness (QED) is 0.578. The monoisotopic (exact) mass is 480 g/mol. The molecule has 9 heteroatoms. The van der Waals surface area contributed by atoms with Gasteiger partial charge in [0.25, 0.3) is 5.91 Å². The fourth-order valence-electron chi connectivity index (χ4n) is 5.36. The van der Waals surface area contributed by atoms with E-state index in [1.807, 2.05) is 29.6 Å². The molecule has 2 aromatic heterocycles. The summed E-state index contributed by atoms with van der Waals surface area (Å²) in [5.74, 6) is -0.116. The van der Waals surface area contributed by atoms with Crippen LogP contribution >= 0.6 is 22.7 Å². The van der Waals surface area contributed by atoms with E-state index in [0.717, 1.165) is 51.5 Å². The van der Waals surface area contributed by atoms with Crippen LogP contribution in [0.25, 0.3) is 10.2 Å². The minimum atomic E-state index is -0.995. The minimum absolute atomic E-state index is 0.167. The molecule has 3 aliphatic rings. The highest BCUT2D eigenvalue weighted by Gasteiger charge is 2.54. The Morgan fingerprint density at radius 1 is 1.18 bits per heavy atom. The Labute approximate surface area is 199 Å². The second kappa shape index (κ2) is 7.92.